The number of halogens is 2. The van der Waals surface area contributed by atoms with E-state index >= 15 is 0 Å². The highest BCUT2D eigenvalue weighted by Gasteiger charge is 2.18. The van der Waals surface area contributed by atoms with Crippen molar-refractivity contribution in [2.45, 2.75) is 13.3 Å². The van der Waals surface area contributed by atoms with Crippen LogP contribution in [0.15, 0.2) is 22.7 Å². The van der Waals surface area contributed by atoms with E-state index in [1.54, 1.807) is 6.92 Å². The monoisotopic (exact) mass is 268 g/mol. The molecule has 0 aliphatic rings. The Kier molecular flexibility index (Phi) is 3.84. The van der Waals surface area contributed by atoms with Gasteiger partial charge in [0.2, 0.25) is 5.89 Å². The summed E-state index contributed by atoms with van der Waals surface area (Å²) in [5, 5.41) is 3.38. The smallest absolute Gasteiger partial charge is 0.379 e. The zero-order valence-electron chi connectivity index (χ0n) is 10.0. The molecule has 5 nitrogen and oxygen atoms in total. The molecule has 19 heavy (non-hydrogen) atoms. The predicted octanol–water partition coefficient (Wildman–Crippen LogP) is 2.12. The molecule has 100 valence electrons. The summed E-state index contributed by atoms with van der Waals surface area (Å²) in [7, 11) is 0. The summed E-state index contributed by atoms with van der Waals surface area (Å²) < 4.78 is 36.2. The Hall–Kier alpha value is -2.31. The van der Waals surface area contributed by atoms with Crippen LogP contribution in [0.25, 0.3) is 0 Å². The number of carbonyl (C=O) groups is 1. The van der Waals surface area contributed by atoms with E-state index in [0.29, 0.717) is 0 Å². The molecule has 0 radical (unpaired) electrons. The van der Waals surface area contributed by atoms with E-state index in [9.17, 15) is 13.6 Å². The van der Waals surface area contributed by atoms with Crippen molar-refractivity contribution in [3.63, 3.8) is 0 Å². The number of ether oxygens (including phenoxy) is 1. The molecule has 0 atom stereocenters. The molecule has 2 rings (SSSR count). The summed E-state index contributed by atoms with van der Waals surface area (Å²) in [6, 6.07) is 3.51. The third-order valence-electron chi connectivity index (χ3n) is 2.32. The molecule has 0 unspecified atom stereocenters. The topological polar surface area (TPSA) is 65.2 Å². The minimum Gasteiger partial charge on any atom is -0.460 e. The SMILES string of the molecule is CCOC(=O)c1noc(Cc2c(F)cccc2F)n1. The van der Waals surface area contributed by atoms with Crippen molar-refractivity contribution in [3.05, 3.63) is 47.1 Å². The number of hydrogen-bond acceptors (Lipinski definition) is 5. The van der Waals surface area contributed by atoms with Crippen molar-refractivity contribution in [1.29, 1.82) is 0 Å². The van der Waals surface area contributed by atoms with Crippen LogP contribution < -0.4 is 0 Å². The largest absolute Gasteiger partial charge is 0.460 e. The lowest BCUT2D eigenvalue weighted by molar-refractivity contribution is 0.0508. The molecule has 0 aliphatic carbocycles. The molecular weight excluding hydrogens is 258 g/mol. The molecule has 0 spiro atoms. The lowest BCUT2D eigenvalue weighted by Crippen LogP contribution is -2.06. The molecule has 0 saturated carbocycles. The Bertz CT molecular complexity index is 578. The average molecular weight is 268 g/mol. The highest BCUT2D eigenvalue weighted by molar-refractivity contribution is 5.84. The lowest BCUT2D eigenvalue weighted by Gasteiger charge is -2.00. The van der Waals surface area contributed by atoms with Crippen molar-refractivity contribution in [1.82, 2.24) is 10.1 Å². The molecule has 0 fully saturated rings. The van der Waals surface area contributed by atoms with E-state index in [0.717, 1.165) is 12.1 Å². The minimum absolute atomic E-state index is 0.0629. The number of carbonyl (C=O) groups excluding carboxylic acids is 1. The quantitative estimate of drug-likeness (QED) is 0.794. The van der Waals surface area contributed by atoms with E-state index in [2.05, 4.69) is 14.9 Å². The predicted molar refractivity (Wildman–Crippen MR) is 59.4 cm³/mol. The van der Waals surface area contributed by atoms with Crippen LogP contribution in [0.2, 0.25) is 0 Å². The Morgan fingerprint density at radius 3 is 2.68 bits per heavy atom. The number of aromatic nitrogens is 2. The fourth-order valence-corrected chi connectivity index (χ4v) is 1.46. The van der Waals surface area contributed by atoms with Crippen LogP contribution in [0.1, 0.15) is 29.0 Å². The van der Waals surface area contributed by atoms with Crippen molar-refractivity contribution in [2.24, 2.45) is 0 Å². The van der Waals surface area contributed by atoms with Gasteiger partial charge in [0, 0.05) is 5.56 Å². The summed E-state index contributed by atoms with van der Waals surface area (Å²) in [6.45, 7) is 1.80. The first-order valence-electron chi connectivity index (χ1n) is 5.54. The second-order valence-corrected chi connectivity index (χ2v) is 3.61. The van der Waals surface area contributed by atoms with Gasteiger partial charge in [-0.05, 0) is 24.2 Å². The van der Waals surface area contributed by atoms with Crippen LogP contribution in [0.3, 0.4) is 0 Å². The fourth-order valence-electron chi connectivity index (χ4n) is 1.46. The first-order valence-corrected chi connectivity index (χ1v) is 5.54. The standard InChI is InChI=1S/C12H10F2N2O3/c1-2-18-12(17)11-15-10(19-16-11)6-7-8(13)4-3-5-9(7)14/h3-5H,2,6H2,1H3. The van der Waals surface area contributed by atoms with Crippen LogP contribution in [0, 0.1) is 11.6 Å². The summed E-state index contributed by atoms with van der Waals surface area (Å²) >= 11 is 0. The van der Waals surface area contributed by atoms with Gasteiger partial charge in [-0.3, -0.25) is 0 Å². The van der Waals surface area contributed by atoms with Gasteiger partial charge in [0.15, 0.2) is 0 Å². The molecule has 0 amide bonds. The van der Waals surface area contributed by atoms with E-state index in [4.69, 9.17) is 4.52 Å². The van der Waals surface area contributed by atoms with Crippen LogP contribution in [-0.2, 0) is 11.2 Å². The van der Waals surface area contributed by atoms with Crippen LogP contribution >= 0.6 is 0 Å². The van der Waals surface area contributed by atoms with Gasteiger partial charge in [-0.2, -0.15) is 4.98 Å². The molecule has 1 aromatic heterocycles. The maximum atomic E-state index is 13.4. The maximum Gasteiger partial charge on any atom is 0.379 e. The van der Waals surface area contributed by atoms with Gasteiger partial charge in [-0.15, -0.1) is 0 Å². The molecule has 1 aromatic carbocycles. The maximum absolute atomic E-state index is 13.4. The molecule has 7 heteroatoms. The van der Waals surface area contributed by atoms with Gasteiger partial charge < -0.3 is 9.26 Å². The van der Waals surface area contributed by atoms with Gasteiger partial charge in [0.25, 0.3) is 5.82 Å². The fraction of sp³-hybridized carbons (Fsp3) is 0.250. The van der Waals surface area contributed by atoms with E-state index in [-0.39, 0.29) is 30.3 Å². The molecule has 2 aromatic rings. The van der Waals surface area contributed by atoms with Gasteiger partial charge in [0.05, 0.1) is 13.0 Å². The van der Waals surface area contributed by atoms with E-state index in [1.807, 2.05) is 0 Å². The third kappa shape index (κ3) is 2.93. The third-order valence-corrected chi connectivity index (χ3v) is 2.32. The van der Waals surface area contributed by atoms with Crippen molar-refractivity contribution >= 4 is 5.97 Å². The van der Waals surface area contributed by atoms with Gasteiger partial charge >= 0.3 is 5.97 Å². The van der Waals surface area contributed by atoms with Gasteiger partial charge in [-0.1, -0.05) is 6.07 Å². The zero-order chi connectivity index (χ0) is 13.8. The second kappa shape index (κ2) is 5.55. The summed E-state index contributed by atoms with van der Waals surface area (Å²) in [4.78, 5) is 15.0. The first-order chi connectivity index (χ1) is 9.11. The highest BCUT2D eigenvalue weighted by atomic mass is 19.1. The first kappa shape index (κ1) is 13.1. The Morgan fingerprint density at radius 1 is 1.37 bits per heavy atom. The molecule has 0 N–H and O–H groups in total. The van der Waals surface area contributed by atoms with Crippen molar-refractivity contribution in [3.8, 4) is 0 Å². The normalized spacial score (nSPS) is 10.5. The van der Waals surface area contributed by atoms with E-state index < -0.39 is 17.6 Å². The van der Waals surface area contributed by atoms with Crippen molar-refractivity contribution in [2.75, 3.05) is 6.61 Å². The minimum atomic E-state index is -0.744. The molecule has 0 aliphatic heterocycles. The van der Waals surface area contributed by atoms with Crippen LogP contribution in [-0.4, -0.2) is 22.7 Å². The number of rotatable bonds is 4. The summed E-state index contributed by atoms with van der Waals surface area (Å²) in [6.07, 6.45) is -0.231. The lowest BCUT2D eigenvalue weighted by atomic mass is 10.1. The summed E-state index contributed by atoms with van der Waals surface area (Å²) in [5.74, 6) is -2.50. The van der Waals surface area contributed by atoms with Crippen molar-refractivity contribution < 1.29 is 22.8 Å². The second-order valence-electron chi connectivity index (χ2n) is 3.61. The molecule has 0 saturated heterocycles. The number of benzene rings is 1. The number of nitrogens with zero attached hydrogens (tertiary/aromatic N) is 2. The molecule has 1 heterocycles. The Morgan fingerprint density at radius 2 is 2.05 bits per heavy atom. The Labute approximate surface area is 107 Å². The van der Waals surface area contributed by atoms with Gasteiger partial charge in [-0.25, -0.2) is 13.6 Å². The van der Waals surface area contributed by atoms with Crippen LogP contribution in [0.4, 0.5) is 8.78 Å². The number of esters is 1. The molecule has 0 bridgehead atoms. The highest BCUT2D eigenvalue weighted by Crippen LogP contribution is 2.16. The van der Waals surface area contributed by atoms with E-state index in [1.165, 1.54) is 6.07 Å². The van der Waals surface area contributed by atoms with Crippen LogP contribution in [0.5, 0.6) is 0 Å². The average Bonchev–Trinajstić information content (AvgIpc) is 2.83. The number of hydrogen-bond donors (Lipinski definition) is 0. The summed E-state index contributed by atoms with van der Waals surface area (Å²) in [5.41, 5.74) is -0.193. The molecular formula is C12H10F2N2O3. The van der Waals surface area contributed by atoms with Gasteiger partial charge in [0.1, 0.15) is 11.6 Å². The zero-order valence-corrected chi connectivity index (χ0v) is 10.0. The Balaban J connectivity index is 2.18.